The summed E-state index contributed by atoms with van der Waals surface area (Å²) in [5.74, 6) is 1.73. The zero-order valence-electron chi connectivity index (χ0n) is 20.9. The molecule has 0 radical (unpaired) electrons. The lowest BCUT2D eigenvalue weighted by Crippen LogP contribution is -2.35. The van der Waals surface area contributed by atoms with E-state index in [9.17, 15) is 13.2 Å². The second-order valence-corrected chi connectivity index (χ2v) is 11.6. The second-order valence-electron chi connectivity index (χ2n) is 9.19. The third kappa shape index (κ3) is 6.52. The number of Topliss-reactive ketones (excluding diaryl/α,β-unsaturated/α-hetero) is 1. The molecule has 0 saturated carbocycles. The van der Waals surface area contributed by atoms with Crippen LogP contribution < -0.4 is 15.4 Å². The summed E-state index contributed by atoms with van der Waals surface area (Å²) in [4.78, 5) is 19.5. The van der Waals surface area contributed by atoms with Crippen LogP contribution in [0.4, 0.5) is 5.82 Å². The number of halogens is 1. The molecule has 0 amide bonds. The standard InChI is InChI=1S/C25H35ClN4O4S/c1-17-11-22(34-4)12-18(2)24(17)35(32,33)29(3)8-7-21(31)13-19-5-9-30(10-6-19)25-23(26)14-20(15-27)16-28-25/h11-12,14,16,19H,5-10,13,15,27H2,1-4H3. The molecule has 192 valence electrons. The summed E-state index contributed by atoms with van der Waals surface area (Å²) >= 11 is 6.37. The van der Waals surface area contributed by atoms with Crippen molar-refractivity contribution in [2.45, 2.75) is 51.0 Å². The van der Waals surface area contributed by atoms with Crippen LogP contribution >= 0.6 is 11.6 Å². The SMILES string of the molecule is COc1cc(C)c(S(=O)(=O)N(C)CCC(=O)CC2CCN(c3ncc(CN)cc3Cl)CC2)c(C)c1. The number of ether oxygens (including phenoxy) is 1. The Morgan fingerprint density at radius 1 is 1.23 bits per heavy atom. The molecule has 0 bridgehead atoms. The molecule has 3 rings (SSSR count). The van der Waals surface area contributed by atoms with E-state index in [2.05, 4.69) is 9.88 Å². The molecule has 35 heavy (non-hydrogen) atoms. The maximum atomic E-state index is 13.2. The van der Waals surface area contributed by atoms with E-state index in [1.54, 1.807) is 39.3 Å². The van der Waals surface area contributed by atoms with E-state index in [4.69, 9.17) is 22.1 Å². The lowest BCUT2D eigenvalue weighted by atomic mass is 9.91. The van der Waals surface area contributed by atoms with Crippen molar-refractivity contribution in [3.8, 4) is 5.75 Å². The van der Waals surface area contributed by atoms with Gasteiger partial charge in [0.15, 0.2) is 0 Å². The zero-order chi connectivity index (χ0) is 25.8. The van der Waals surface area contributed by atoms with Gasteiger partial charge >= 0.3 is 0 Å². The van der Waals surface area contributed by atoms with Crippen LogP contribution in [0.1, 0.15) is 42.4 Å². The summed E-state index contributed by atoms with van der Waals surface area (Å²) in [6.07, 6.45) is 4.12. The Bertz CT molecular complexity index is 1140. The third-order valence-electron chi connectivity index (χ3n) is 6.59. The Morgan fingerprint density at radius 2 is 1.86 bits per heavy atom. The van der Waals surface area contributed by atoms with E-state index in [0.29, 0.717) is 34.9 Å². The average molecular weight is 523 g/mol. The second kappa shape index (κ2) is 11.7. The number of methoxy groups -OCH3 is 1. The van der Waals surface area contributed by atoms with Crippen LogP contribution in [0.15, 0.2) is 29.3 Å². The van der Waals surface area contributed by atoms with Gasteiger partial charge in [-0.15, -0.1) is 0 Å². The molecule has 8 nitrogen and oxygen atoms in total. The number of sulfonamides is 1. The van der Waals surface area contributed by atoms with Gasteiger partial charge in [0.25, 0.3) is 0 Å². The monoisotopic (exact) mass is 522 g/mol. The van der Waals surface area contributed by atoms with Gasteiger partial charge in [0.05, 0.1) is 17.0 Å². The summed E-state index contributed by atoms with van der Waals surface area (Å²) < 4.78 is 32.8. The normalized spacial score (nSPS) is 15.0. The van der Waals surface area contributed by atoms with Crippen molar-refractivity contribution in [2.24, 2.45) is 11.7 Å². The molecular weight excluding hydrogens is 488 g/mol. The fourth-order valence-electron chi connectivity index (χ4n) is 4.58. The first-order chi connectivity index (χ1) is 16.6. The van der Waals surface area contributed by atoms with E-state index in [1.807, 2.05) is 6.07 Å². The van der Waals surface area contributed by atoms with Gasteiger partial charge in [0.1, 0.15) is 17.4 Å². The van der Waals surface area contributed by atoms with Crippen molar-refractivity contribution in [2.75, 3.05) is 38.7 Å². The number of aryl methyl sites for hydroxylation is 2. The van der Waals surface area contributed by atoms with Gasteiger partial charge < -0.3 is 15.4 Å². The maximum Gasteiger partial charge on any atom is 0.243 e. The van der Waals surface area contributed by atoms with E-state index >= 15 is 0 Å². The smallest absolute Gasteiger partial charge is 0.243 e. The molecule has 1 aliphatic rings. The number of benzene rings is 1. The highest BCUT2D eigenvalue weighted by Crippen LogP contribution is 2.30. The minimum absolute atomic E-state index is 0.0807. The number of nitrogens with zero attached hydrogens (tertiary/aromatic N) is 3. The van der Waals surface area contributed by atoms with Crippen LogP contribution in [-0.4, -0.2) is 57.3 Å². The lowest BCUT2D eigenvalue weighted by Gasteiger charge is -2.33. The number of hydrogen-bond donors (Lipinski definition) is 1. The number of ketones is 1. The van der Waals surface area contributed by atoms with Gasteiger partial charge in [0.2, 0.25) is 10.0 Å². The summed E-state index contributed by atoms with van der Waals surface area (Å²) in [7, 11) is -0.634. The van der Waals surface area contributed by atoms with Crippen molar-refractivity contribution >= 4 is 33.2 Å². The molecule has 1 saturated heterocycles. The Kier molecular flexibility index (Phi) is 9.15. The Labute approximate surface area is 213 Å². The fraction of sp³-hybridized carbons (Fsp3) is 0.520. The molecule has 2 N–H and O–H groups in total. The molecule has 2 aromatic rings. The van der Waals surface area contributed by atoms with Gasteiger partial charge in [-0.3, -0.25) is 4.79 Å². The quantitative estimate of drug-likeness (QED) is 0.507. The molecule has 2 heterocycles. The third-order valence-corrected chi connectivity index (χ3v) is 9.03. The molecule has 0 aliphatic carbocycles. The number of hydrogen-bond acceptors (Lipinski definition) is 7. The predicted octanol–water partition coefficient (Wildman–Crippen LogP) is 3.71. The highest BCUT2D eigenvalue weighted by molar-refractivity contribution is 7.89. The number of nitrogens with two attached hydrogens (primary N) is 1. The van der Waals surface area contributed by atoms with Crippen LogP contribution in [0, 0.1) is 19.8 Å². The van der Waals surface area contributed by atoms with Gasteiger partial charge in [-0.2, -0.15) is 0 Å². The molecule has 0 atom stereocenters. The molecule has 1 aliphatic heterocycles. The highest BCUT2D eigenvalue weighted by atomic mass is 35.5. The van der Waals surface area contributed by atoms with Crippen LogP contribution in [0.3, 0.4) is 0 Å². The zero-order valence-corrected chi connectivity index (χ0v) is 22.5. The number of carbonyl (C=O) groups is 1. The average Bonchev–Trinajstić information content (AvgIpc) is 2.82. The minimum atomic E-state index is -3.71. The van der Waals surface area contributed by atoms with Crippen molar-refractivity contribution in [1.29, 1.82) is 0 Å². The molecule has 1 aromatic heterocycles. The molecule has 1 aromatic carbocycles. The van der Waals surface area contributed by atoms with Gasteiger partial charge in [0, 0.05) is 52.3 Å². The maximum absolute atomic E-state index is 13.2. The van der Waals surface area contributed by atoms with Gasteiger partial charge in [-0.25, -0.2) is 17.7 Å². The first kappa shape index (κ1) is 27.4. The summed E-state index contributed by atoms with van der Waals surface area (Å²) in [5.41, 5.74) is 7.79. The summed E-state index contributed by atoms with van der Waals surface area (Å²) in [6.45, 7) is 5.60. The van der Waals surface area contributed by atoms with Crippen molar-refractivity contribution in [3.63, 3.8) is 0 Å². The van der Waals surface area contributed by atoms with Gasteiger partial charge in [-0.05, 0) is 67.5 Å². The van der Waals surface area contributed by atoms with E-state index < -0.39 is 10.0 Å². The first-order valence-corrected chi connectivity index (χ1v) is 13.6. The number of aromatic nitrogens is 1. The fourth-order valence-corrected chi connectivity index (χ4v) is 6.46. The summed E-state index contributed by atoms with van der Waals surface area (Å²) in [6, 6.07) is 5.26. The Balaban J connectivity index is 1.52. The number of rotatable bonds is 10. The summed E-state index contributed by atoms with van der Waals surface area (Å²) in [5, 5.41) is 0.592. The topological polar surface area (TPSA) is 106 Å². The number of anilines is 1. The van der Waals surface area contributed by atoms with Crippen molar-refractivity contribution in [1.82, 2.24) is 9.29 Å². The molecule has 10 heteroatoms. The van der Waals surface area contributed by atoms with Crippen molar-refractivity contribution in [3.05, 3.63) is 46.1 Å². The van der Waals surface area contributed by atoms with Crippen molar-refractivity contribution < 1.29 is 17.9 Å². The molecule has 0 unspecified atom stereocenters. The van der Waals surface area contributed by atoms with E-state index in [0.717, 1.165) is 37.3 Å². The largest absolute Gasteiger partial charge is 0.497 e. The first-order valence-electron chi connectivity index (χ1n) is 11.8. The Morgan fingerprint density at radius 3 is 2.40 bits per heavy atom. The lowest BCUT2D eigenvalue weighted by molar-refractivity contribution is -0.120. The molecular formula is C25H35ClN4O4S. The predicted molar refractivity (Wildman–Crippen MR) is 139 cm³/mol. The number of carbonyl (C=O) groups excluding carboxylic acids is 1. The number of piperidine rings is 1. The number of pyridine rings is 1. The van der Waals surface area contributed by atoms with Crippen LogP contribution in [0.2, 0.25) is 5.02 Å². The highest BCUT2D eigenvalue weighted by Gasteiger charge is 2.27. The molecule has 0 spiro atoms. The van der Waals surface area contributed by atoms with Crippen LogP contribution in [-0.2, 0) is 21.4 Å². The van der Waals surface area contributed by atoms with Gasteiger partial charge in [-0.1, -0.05) is 11.6 Å². The Hall–Kier alpha value is -2.20. The van der Waals surface area contributed by atoms with E-state index in [1.165, 1.54) is 11.4 Å². The van der Waals surface area contributed by atoms with Crippen LogP contribution in [0.5, 0.6) is 5.75 Å². The van der Waals surface area contributed by atoms with E-state index in [-0.39, 0.29) is 29.6 Å². The minimum Gasteiger partial charge on any atom is -0.497 e. The van der Waals surface area contributed by atoms with Crippen LogP contribution in [0.25, 0.3) is 0 Å². The molecule has 1 fully saturated rings.